The highest BCUT2D eigenvalue weighted by Crippen LogP contribution is 2.26. The van der Waals surface area contributed by atoms with Crippen molar-refractivity contribution < 1.29 is 9.90 Å². The molecule has 0 aliphatic rings. The van der Waals surface area contributed by atoms with E-state index in [4.69, 9.17) is 11.6 Å². The highest BCUT2D eigenvalue weighted by molar-refractivity contribution is 6.30. The quantitative estimate of drug-likeness (QED) is 0.209. The number of hydrogen-bond donors (Lipinski definition) is 3. The molecular formula is C21H15ClN4O3. The number of carbonyl (C=O) groups excluding carboxylic acids is 1. The highest BCUT2D eigenvalue weighted by atomic mass is 35.5. The fourth-order valence-electron chi connectivity index (χ4n) is 3.15. The molecule has 0 radical (unpaired) electrons. The number of carbonyl (C=O) groups is 1. The summed E-state index contributed by atoms with van der Waals surface area (Å²) in [5, 5.41) is 15.1. The molecule has 0 aliphatic heterocycles. The SMILES string of the molecule is Cc1cc(Cl)[nH]c2ccc3c(=O)c(C(=O)N/N=C/c4ccccc4O)cnc3c12. The molecule has 2 aromatic carbocycles. The zero-order valence-electron chi connectivity index (χ0n) is 15.2. The van der Waals surface area contributed by atoms with Crippen LogP contribution in [0.2, 0.25) is 5.15 Å². The number of phenolic OH excluding ortho intramolecular Hbond substituents is 1. The number of phenols is 1. The van der Waals surface area contributed by atoms with Crippen LogP contribution in [0.15, 0.2) is 58.6 Å². The summed E-state index contributed by atoms with van der Waals surface area (Å²) in [6, 6.07) is 11.6. The molecule has 0 aliphatic carbocycles. The third kappa shape index (κ3) is 3.43. The molecule has 1 amide bonds. The van der Waals surface area contributed by atoms with Crippen LogP contribution in [0.1, 0.15) is 21.5 Å². The van der Waals surface area contributed by atoms with Gasteiger partial charge in [0.05, 0.1) is 11.7 Å². The van der Waals surface area contributed by atoms with E-state index in [1.165, 1.54) is 18.5 Å². The summed E-state index contributed by atoms with van der Waals surface area (Å²) >= 11 is 6.06. The van der Waals surface area contributed by atoms with E-state index in [-0.39, 0.29) is 11.3 Å². The van der Waals surface area contributed by atoms with Crippen LogP contribution in [0.3, 0.4) is 0 Å². The maximum atomic E-state index is 12.9. The number of aromatic hydroxyl groups is 1. The summed E-state index contributed by atoms with van der Waals surface area (Å²) in [6.45, 7) is 1.88. The van der Waals surface area contributed by atoms with Gasteiger partial charge in [-0.15, -0.1) is 0 Å². The molecule has 0 atom stereocenters. The van der Waals surface area contributed by atoms with Crippen LogP contribution >= 0.6 is 11.6 Å². The number of hydrogen-bond acceptors (Lipinski definition) is 5. The van der Waals surface area contributed by atoms with E-state index >= 15 is 0 Å². The number of aromatic nitrogens is 2. The summed E-state index contributed by atoms with van der Waals surface area (Å²) in [5.41, 5.74) is 4.27. The zero-order valence-corrected chi connectivity index (χ0v) is 16.0. The fourth-order valence-corrected chi connectivity index (χ4v) is 3.42. The smallest absolute Gasteiger partial charge is 0.276 e. The lowest BCUT2D eigenvalue weighted by Gasteiger charge is -2.08. The Labute approximate surface area is 169 Å². The van der Waals surface area contributed by atoms with Gasteiger partial charge in [0, 0.05) is 28.0 Å². The van der Waals surface area contributed by atoms with Gasteiger partial charge in [0.25, 0.3) is 5.91 Å². The number of aromatic amines is 1. The summed E-state index contributed by atoms with van der Waals surface area (Å²) in [5.74, 6) is -0.655. The minimum absolute atomic E-state index is 0.0292. The van der Waals surface area contributed by atoms with E-state index in [9.17, 15) is 14.7 Å². The van der Waals surface area contributed by atoms with Crippen LogP contribution in [0.5, 0.6) is 5.75 Å². The molecule has 144 valence electrons. The van der Waals surface area contributed by atoms with Crippen molar-refractivity contribution in [1.29, 1.82) is 0 Å². The van der Waals surface area contributed by atoms with Crippen molar-refractivity contribution >= 4 is 45.5 Å². The van der Waals surface area contributed by atoms with Gasteiger partial charge in [-0.1, -0.05) is 23.7 Å². The number of halogens is 1. The van der Waals surface area contributed by atoms with Crippen LogP contribution in [-0.2, 0) is 0 Å². The van der Waals surface area contributed by atoms with Crippen molar-refractivity contribution in [2.24, 2.45) is 5.10 Å². The first-order valence-electron chi connectivity index (χ1n) is 8.68. The van der Waals surface area contributed by atoms with Crippen LogP contribution in [0, 0.1) is 6.92 Å². The van der Waals surface area contributed by atoms with Gasteiger partial charge in [0.1, 0.15) is 16.5 Å². The van der Waals surface area contributed by atoms with E-state index < -0.39 is 11.3 Å². The number of aryl methyl sites for hydroxylation is 1. The van der Waals surface area contributed by atoms with Gasteiger partial charge < -0.3 is 10.1 Å². The molecule has 0 saturated carbocycles. The monoisotopic (exact) mass is 406 g/mol. The number of fused-ring (bicyclic) bond motifs is 3. The average molecular weight is 407 g/mol. The number of hydrazone groups is 1. The van der Waals surface area contributed by atoms with Crippen molar-refractivity contribution in [3.8, 4) is 5.75 Å². The number of rotatable bonds is 3. The topological polar surface area (TPSA) is 107 Å². The van der Waals surface area contributed by atoms with Crippen molar-refractivity contribution in [3.05, 3.63) is 80.7 Å². The lowest BCUT2D eigenvalue weighted by molar-refractivity contribution is 0.0954. The maximum Gasteiger partial charge on any atom is 0.276 e. The number of nitrogens with zero attached hydrogens (tertiary/aromatic N) is 2. The molecule has 2 aromatic heterocycles. The molecule has 0 unspecified atom stereocenters. The summed E-state index contributed by atoms with van der Waals surface area (Å²) in [6.07, 6.45) is 2.53. The van der Waals surface area contributed by atoms with Crippen LogP contribution < -0.4 is 10.9 Å². The normalized spacial score (nSPS) is 11.4. The van der Waals surface area contributed by atoms with Gasteiger partial charge in [-0.3, -0.25) is 14.6 Å². The number of benzene rings is 2. The second-order valence-corrected chi connectivity index (χ2v) is 6.85. The zero-order chi connectivity index (χ0) is 20.5. The third-order valence-corrected chi connectivity index (χ3v) is 4.74. The molecule has 4 aromatic rings. The van der Waals surface area contributed by atoms with Crippen LogP contribution in [0.25, 0.3) is 21.8 Å². The van der Waals surface area contributed by atoms with Crippen molar-refractivity contribution in [2.75, 3.05) is 0 Å². The lowest BCUT2D eigenvalue weighted by Crippen LogP contribution is -2.25. The van der Waals surface area contributed by atoms with E-state index in [0.29, 0.717) is 21.6 Å². The Morgan fingerprint density at radius 3 is 2.86 bits per heavy atom. The van der Waals surface area contributed by atoms with E-state index in [0.717, 1.165) is 16.5 Å². The summed E-state index contributed by atoms with van der Waals surface area (Å²) in [4.78, 5) is 32.6. The average Bonchev–Trinajstić information content (AvgIpc) is 2.69. The van der Waals surface area contributed by atoms with Gasteiger partial charge in [0.15, 0.2) is 0 Å². The van der Waals surface area contributed by atoms with E-state index in [1.807, 2.05) is 6.92 Å². The Morgan fingerprint density at radius 2 is 2.07 bits per heavy atom. The fraction of sp³-hybridized carbons (Fsp3) is 0.0476. The molecule has 2 heterocycles. The Hall–Kier alpha value is -3.71. The molecule has 7 nitrogen and oxygen atoms in total. The number of H-pyrrole nitrogens is 1. The number of amides is 1. The van der Waals surface area contributed by atoms with E-state index in [2.05, 4.69) is 20.5 Å². The molecular weight excluding hydrogens is 392 g/mol. The van der Waals surface area contributed by atoms with Gasteiger partial charge in [-0.2, -0.15) is 5.10 Å². The van der Waals surface area contributed by atoms with Gasteiger partial charge >= 0.3 is 0 Å². The third-order valence-electron chi connectivity index (χ3n) is 4.53. The Bertz CT molecular complexity index is 1360. The summed E-state index contributed by atoms with van der Waals surface area (Å²) < 4.78 is 0. The Balaban J connectivity index is 1.70. The van der Waals surface area contributed by atoms with Gasteiger partial charge in [-0.25, -0.2) is 5.43 Å². The minimum atomic E-state index is -0.685. The first-order chi connectivity index (χ1) is 14.0. The molecule has 0 bridgehead atoms. The second kappa shape index (κ2) is 7.37. The highest BCUT2D eigenvalue weighted by Gasteiger charge is 2.15. The second-order valence-electron chi connectivity index (χ2n) is 6.44. The predicted molar refractivity (Wildman–Crippen MR) is 113 cm³/mol. The maximum absolute atomic E-state index is 12.9. The minimum Gasteiger partial charge on any atom is -0.507 e. The molecule has 29 heavy (non-hydrogen) atoms. The lowest BCUT2D eigenvalue weighted by atomic mass is 10.0. The van der Waals surface area contributed by atoms with Crippen LogP contribution in [-0.4, -0.2) is 27.2 Å². The molecule has 4 rings (SSSR count). The molecule has 0 fully saturated rings. The van der Waals surface area contributed by atoms with Crippen molar-refractivity contribution in [1.82, 2.24) is 15.4 Å². The van der Waals surface area contributed by atoms with E-state index in [1.54, 1.807) is 36.4 Å². The molecule has 8 heteroatoms. The Kier molecular flexibility index (Phi) is 4.74. The van der Waals surface area contributed by atoms with Gasteiger partial charge in [-0.05, 0) is 42.8 Å². The molecule has 3 N–H and O–H groups in total. The van der Waals surface area contributed by atoms with Crippen molar-refractivity contribution in [2.45, 2.75) is 6.92 Å². The van der Waals surface area contributed by atoms with Crippen LogP contribution in [0.4, 0.5) is 0 Å². The first kappa shape index (κ1) is 18.6. The van der Waals surface area contributed by atoms with Gasteiger partial charge in [0.2, 0.25) is 5.43 Å². The number of para-hydroxylation sites is 1. The predicted octanol–water partition coefficient (Wildman–Crippen LogP) is 3.51. The standard InChI is InChI=1S/C21H15ClN4O3/c1-11-8-17(22)25-15-7-6-13-19(18(11)15)23-10-14(20(13)28)21(29)26-24-9-12-4-2-3-5-16(12)27/h2-10,25,27H,1H3,(H,26,29)/b24-9+. The number of pyridine rings is 2. The Morgan fingerprint density at radius 1 is 1.28 bits per heavy atom. The molecule has 0 spiro atoms. The largest absolute Gasteiger partial charge is 0.507 e. The summed E-state index contributed by atoms with van der Waals surface area (Å²) in [7, 11) is 0. The number of nitrogens with one attached hydrogen (secondary N) is 2. The first-order valence-corrected chi connectivity index (χ1v) is 9.06. The molecule has 0 saturated heterocycles. The van der Waals surface area contributed by atoms with Crippen molar-refractivity contribution in [3.63, 3.8) is 0 Å².